The summed E-state index contributed by atoms with van der Waals surface area (Å²) >= 11 is 0. The molecule has 0 bridgehead atoms. The summed E-state index contributed by atoms with van der Waals surface area (Å²) in [6.07, 6.45) is -4.66. The van der Waals surface area contributed by atoms with Crippen LogP contribution in [0, 0.1) is 0 Å². The average Bonchev–Trinajstić information content (AvgIpc) is 3.46. The van der Waals surface area contributed by atoms with Crippen molar-refractivity contribution in [1.82, 2.24) is 15.5 Å². The van der Waals surface area contributed by atoms with Gasteiger partial charge in [-0.15, -0.1) is 0 Å². The number of fused-ring (bicyclic) bond motifs is 2. The third-order valence-corrected chi connectivity index (χ3v) is 6.24. The van der Waals surface area contributed by atoms with Gasteiger partial charge in [-0.3, -0.25) is 14.9 Å². The van der Waals surface area contributed by atoms with Crippen LogP contribution in [0.15, 0.2) is 46.9 Å². The van der Waals surface area contributed by atoms with Crippen LogP contribution in [-0.4, -0.2) is 42.6 Å². The summed E-state index contributed by atoms with van der Waals surface area (Å²) in [6, 6.07) is 7.20. The lowest BCUT2D eigenvalue weighted by molar-refractivity contribution is -0.149. The first-order valence-corrected chi connectivity index (χ1v) is 10.5. The molecule has 1 unspecified atom stereocenters. The van der Waals surface area contributed by atoms with Crippen LogP contribution < -0.4 is 21.1 Å². The van der Waals surface area contributed by atoms with Crippen molar-refractivity contribution in [2.24, 2.45) is 5.73 Å². The summed E-state index contributed by atoms with van der Waals surface area (Å²) in [5.74, 6) is -0.669. The quantitative estimate of drug-likeness (QED) is 0.474. The van der Waals surface area contributed by atoms with E-state index in [1.165, 1.54) is 30.2 Å². The second kappa shape index (κ2) is 7.73. The topological polar surface area (TPSA) is 127 Å². The molecular formula is C23H19F3N4O5. The molecule has 3 heterocycles. The third-order valence-electron chi connectivity index (χ3n) is 6.24. The predicted molar refractivity (Wildman–Crippen MR) is 115 cm³/mol. The Morgan fingerprint density at radius 2 is 1.94 bits per heavy atom. The van der Waals surface area contributed by atoms with Gasteiger partial charge in [-0.25, -0.2) is 4.79 Å². The highest BCUT2D eigenvalue weighted by Gasteiger charge is 2.53. The summed E-state index contributed by atoms with van der Waals surface area (Å²) in [5.41, 5.74) is 4.46. The Balaban J connectivity index is 1.52. The van der Waals surface area contributed by atoms with Gasteiger partial charge in [0.25, 0.3) is 11.8 Å². The van der Waals surface area contributed by atoms with Crippen molar-refractivity contribution in [3.63, 3.8) is 0 Å². The summed E-state index contributed by atoms with van der Waals surface area (Å²) < 4.78 is 50.1. The van der Waals surface area contributed by atoms with Crippen molar-refractivity contribution in [2.75, 3.05) is 13.7 Å². The number of alkyl halides is 3. The van der Waals surface area contributed by atoms with Crippen LogP contribution in [0.3, 0.4) is 0 Å². The van der Waals surface area contributed by atoms with E-state index >= 15 is 0 Å². The lowest BCUT2D eigenvalue weighted by Gasteiger charge is -2.29. The van der Waals surface area contributed by atoms with Crippen LogP contribution in [0.2, 0.25) is 0 Å². The van der Waals surface area contributed by atoms with Crippen LogP contribution >= 0.6 is 0 Å². The maximum absolute atomic E-state index is 13.1. The van der Waals surface area contributed by atoms with Crippen molar-refractivity contribution >= 4 is 28.8 Å². The fourth-order valence-corrected chi connectivity index (χ4v) is 4.38. The number of rotatable bonds is 5. The van der Waals surface area contributed by atoms with Crippen LogP contribution in [-0.2, 0) is 16.9 Å². The molecule has 2 aliphatic rings. The largest absolute Gasteiger partial charge is 0.497 e. The number of carbonyl (C=O) groups is 3. The van der Waals surface area contributed by atoms with Gasteiger partial charge in [-0.05, 0) is 35.4 Å². The van der Waals surface area contributed by atoms with Crippen molar-refractivity contribution in [1.29, 1.82) is 0 Å². The first kappa shape index (κ1) is 22.7. The van der Waals surface area contributed by atoms with Gasteiger partial charge in [0.05, 0.1) is 13.7 Å². The molecule has 4 amide bonds. The Hall–Kier alpha value is -4.06. The van der Waals surface area contributed by atoms with Crippen molar-refractivity contribution in [2.45, 2.75) is 24.3 Å². The average molecular weight is 488 g/mol. The number of nitrogens with zero attached hydrogens (tertiary/aromatic N) is 1. The monoisotopic (exact) mass is 488 g/mol. The molecule has 182 valence electrons. The second-order valence-corrected chi connectivity index (χ2v) is 8.43. The van der Waals surface area contributed by atoms with Crippen molar-refractivity contribution in [3.05, 3.63) is 64.9 Å². The highest BCUT2D eigenvalue weighted by molar-refractivity contribution is 6.08. The second-order valence-electron chi connectivity index (χ2n) is 8.43. The van der Waals surface area contributed by atoms with Crippen LogP contribution in [0.1, 0.15) is 33.3 Å². The number of ether oxygens (including phenoxy) is 1. The van der Waals surface area contributed by atoms with Crippen LogP contribution in [0.4, 0.5) is 18.0 Å². The molecule has 9 nitrogen and oxygen atoms in total. The molecule has 2 aromatic carbocycles. The summed E-state index contributed by atoms with van der Waals surface area (Å²) in [5, 5.41) is 5.08. The number of hydrogen-bond donors (Lipinski definition) is 3. The Bertz CT molecular complexity index is 1390. The number of imide groups is 1. The van der Waals surface area contributed by atoms with E-state index in [-0.39, 0.29) is 35.9 Å². The number of halogens is 3. The minimum absolute atomic E-state index is 0.0325. The molecule has 1 saturated heterocycles. The Morgan fingerprint density at radius 3 is 2.60 bits per heavy atom. The molecule has 3 aromatic rings. The Labute approximate surface area is 196 Å². The molecule has 0 aliphatic carbocycles. The van der Waals surface area contributed by atoms with Gasteiger partial charge in [0.15, 0.2) is 5.54 Å². The van der Waals surface area contributed by atoms with Gasteiger partial charge in [0.2, 0.25) is 0 Å². The standard InChI is InChI=1S/C23H19F3N4O5/c1-34-14-5-4-13-9-30(19(31)15(13)8-14)10-22(20(32)28-21(33)29-22)17-7-11-2-3-12(6-16(11)35-17)18(27)23(24,25)26/h2-8,18H,9-10,27H2,1H3,(H2,28,29,32,33)/t18?,22-/m0/s1. The number of methoxy groups -OCH3 is 1. The van der Waals surface area contributed by atoms with Crippen LogP contribution in [0.25, 0.3) is 11.0 Å². The number of furan rings is 1. The predicted octanol–water partition coefficient (Wildman–Crippen LogP) is 2.69. The van der Waals surface area contributed by atoms with Gasteiger partial charge >= 0.3 is 12.2 Å². The van der Waals surface area contributed by atoms with Gasteiger partial charge in [0.1, 0.15) is 23.1 Å². The number of amides is 4. The first-order chi connectivity index (χ1) is 16.5. The molecular weight excluding hydrogens is 469 g/mol. The molecule has 2 atom stereocenters. The van der Waals surface area contributed by atoms with Gasteiger partial charge in [-0.2, -0.15) is 13.2 Å². The number of benzene rings is 2. The third kappa shape index (κ3) is 3.66. The Kier molecular flexibility index (Phi) is 5.02. The van der Waals surface area contributed by atoms with Crippen molar-refractivity contribution in [3.8, 4) is 5.75 Å². The van der Waals surface area contributed by atoms with E-state index in [0.29, 0.717) is 22.3 Å². The van der Waals surface area contributed by atoms with E-state index in [1.807, 2.05) is 0 Å². The fraction of sp³-hybridized carbons (Fsp3) is 0.261. The van der Waals surface area contributed by atoms with Gasteiger partial charge < -0.3 is 25.1 Å². The maximum atomic E-state index is 13.1. The number of carbonyl (C=O) groups excluding carboxylic acids is 3. The molecule has 5 rings (SSSR count). The number of urea groups is 1. The van der Waals surface area contributed by atoms with Gasteiger partial charge in [-0.1, -0.05) is 18.2 Å². The van der Waals surface area contributed by atoms with E-state index in [4.69, 9.17) is 14.9 Å². The van der Waals surface area contributed by atoms with E-state index in [2.05, 4.69) is 10.6 Å². The van der Waals surface area contributed by atoms with Crippen molar-refractivity contribution < 1.29 is 36.7 Å². The first-order valence-electron chi connectivity index (χ1n) is 10.5. The highest BCUT2D eigenvalue weighted by atomic mass is 19.4. The van der Waals surface area contributed by atoms with E-state index in [9.17, 15) is 27.6 Å². The summed E-state index contributed by atoms with van der Waals surface area (Å²) in [4.78, 5) is 39.6. The molecule has 0 saturated carbocycles. The molecule has 12 heteroatoms. The lowest BCUT2D eigenvalue weighted by Crippen LogP contribution is -2.52. The smallest absolute Gasteiger partial charge is 0.407 e. The number of nitrogens with two attached hydrogens (primary N) is 1. The zero-order valence-electron chi connectivity index (χ0n) is 18.2. The minimum atomic E-state index is -4.66. The maximum Gasteiger partial charge on any atom is 0.407 e. The SMILES string of the molecule is COc1ccc2c(c1)C(=O)N(C[C@@]1(c3cc4ccc(C(N)C(F)(F)F)cc4o3)NC(=O)NC1=O)C2. The van der Waals surface area contributed by atoms with Gasteiger partial charge in [0, 0.05) is 17.5 Å². The summed E-state index contributed by atoms with van der Waals surface area (Å²) in [6.45, 7) is -0.0942. The summed E-state index contributed by atoms with van der Waals surface area (Å²) in [7, 11) is 1.47. The fourth-order valence-electron chi connectivity index (χ4n) is 4.38. The normalized spacial score (nSPS) is 20.7. The van der Waals surface area contributed by atoms with E-state index in [0.717, 1.165) is 6.07 Å². The molecule has 0 radical (unpaired) electrons. The molecule has 1 fully saturated rings. The molecule has 35 heavy (non-hydrogen) atoms. The Morgan fingerprint density at radius 1 is 1.17 bits per heavy atom. The van der Waals surface area contributed by atoms with E-state index < -0.39 is 29.7 Å². The number of nitrogens with one attached hydrogen (secondary N) is 2. The molecule has 0 spiro atoms. The van der Waals surface area contributed by atoms with Crippen LogP contribution in [0.5, 0.6) is 5.75 Å². The lowest BCUT2D eigenvalue weighted by atomic mass is 9.95. The minimum Gasteiger partial charge on any atom is -0.497 e. The molecule has 1 aromatic heterocycles. The highest BCUT2D eigenvalue weighted by Crippen LogP contribution is 2.37. The molecule has 2 aliphatic heterocycles. The zero-order chi connectivity index (χ0) is 25.1. The van der Waals surface area contributed by atoms with E-state index in [1.54, 1.807) is 18.2 Å². The zero-order valence-corrected chi connectivity index (χ0v) is 18.2. The molecule has 4 N–H and O–H groups in total. The number of hydrogen-bond acceptors (Lipinski definition) is 6.